The van der Waals surface area contributed by atoms with Crippen LogP contribution >= 0.6 is 12.2 Å². The minimum atomic E-state index is -0.371. The van der Waals surface area contributed by atoms with Crippen molar-refractivity contribution in [1.82, 2.24) is 10.4 Å². The topological polar surface area (TPSA) is 89.6 Å². The normalized spacial score (nSPS) is 10.6. The summed E-state index contributed by atoms with van der Waals surface area (Å²) in [6.07, 6.45) is 3.27. The molecule has 2 rings (SSSR count). The van der Waals surface area contributed by atoms with Crippen LogP contribution in [-0.2, 0) is 4.74 Å². The maximum Gasteiger partial charge on any atom is 0.340 e. The molecule has 7 heteroatoms. The van der Waals surface area contributed by atoms with Crippen molar-refractivity contribution in [1.29, 1.82) is 0 Å². The predicted octanol–water partition coefficient (Wildman–Crippen LogP) is 2.40. The van der Waals surface area contributed by atoms with Crippen LogP contribution in [0.5, 0.6) is 0 Å². The molecule has 1 heterocycles. The number of thiocarbonyl (C=S) groups is 1. The van der Waals surface area contributed by atoms with E-state index in [4.69, 9.17) is 10.5 Å². The largest absolute Gasteiger partial charge is 0.462 e. The molecule has 0 saturated carbocycles. The third kappa shape index (κ3) is 4.36. The number of esters is 1. The van der Waals surface area contributed by atoms with E-state index in [2.05, 4.69) is 27.7 Å². The first-order valence-corrected chi connectivity index (χ1v) is 7.75. The number of rotatable bonds is 5. The Morgan fingerprint density at radius 2 is 2.08 bits per heavy atom. The van der Waals surface area contributed by atoms with Crippen molar-refractivity contribution in [3.05, 3.63) is 53.2 Å². The minimum Gasteiger partial charge on any atom is -0.462 e. The van der Waals surface area contributed by atoms with Crippen molar-refractivity contribution < 1.29 is 9.53 Å². The number of nitrogens with one attached hydrogen (secondary N) is 1. The lowest BCUT2D eigenvalue weighted by atomic mass is 10.0. The molecular weight excluding hydrogens is 324 g/mol. The van der Waals surface area contributed by atoms with Gasteiger partial charge in [0.15, 0.2) is 5.11 Å². The number of benzene rings is 1. The Labute approximate surface area is 145 Å². The van der Waals surface area contributed by atoms with E-state index >= 15 is 0 Å². The Hall–Kier alpha value is -2.80. The van der Waals surface area contributed by atoms with Gasteiger partial charge in [-0.15, -0.1) is 0 Å². The van der Waals surface area contributed by atoms with Crippen LogP contribution in [0.25, 0.3) is 11.3 Å². The molecule has 0 saturated heterocycles. The van der Waals surface area contributed by atoms with Gasteiger partial charge in [-0.1, -0.05) is 24.3 Å². The van der Waals surface area contributed by atoms with E-state index in [0.29, 0.717) is 17.9 Å². The number of hydrogen-bond acceptors (Lipinski definition) is 5. The number of nitrogens with two attached hydrogens (primary N) is 1. The molecule has 3 N–H and O–H groups in total. The van der Waals surface area contributed by atoms with E-state index in [1.807, 2.05) is 31.2 Å². The Bertz CT molecular complexity index is 773. The van der Waals surface area contributed by atoms with Crippen molar-refractivity contribution in [3.8, 4) is 11.3 Å². The molecule has 0 amide bonds. The summed E-state index contributed by atoms with van der Waals surface area (Å²) in [7, 11) is 0. The number of hydrazone groups is 1. The molecule has 2 aromatic rings. The Balaban J connectivity index is 2.32. The molecular formula is C17H18N4O2S. The zero-order chi connectivity index (χ0) is 17.5. The quantitative estimate of drug-likeness (QED) is 0.375. The van der Waals surface area contributed by atoms with Crippen LogP contribution < -0.4 is 11.2 Å². The van der Waals surface area contributed by atoms with Crippen LogP contribution in [0, 0.1) is 6.92 Å². The van der Waals surface area contributed by atoms with Crippen molar-refractivity contribution >= 4 is 29.5 Å². The summed E-state index contributed by atoms with van der Waals surface area (Å²) < 4.78 is 5.14. The third-order valence-corrected chi connectivity index (χ3v) is 3.30. The van der Waals surface area contributed by atoms with Gasteiger partial charge in [0.1, 0.15) is 0 Å². The molecule has 0 spiro atoms. The van der Waals surface area contributed by atoms with Crippen molar-refractivity contribution in [2.75, 3.05) is 6.61 Å². The Morgan fingerprint density at radius 3 is 2.71 bits per heavy atom. The van der Waals surface area contributed by atoms with Gasteiger partial charge in [-0.25, -0.2) is 4.79 Å². The molecule has 0 atom stereocenters. The first-order valence-electron chi connectivity index (χ1n) is 7.34. The summed E-state index contributed by atoms with van der Waals surface area (Å²) in [5.74, 6) is -0.371. The SMILES string of the molecule is CCOC(=O)c1c(C)ccnc1-c1ccc(C=NNC(N)=S)cc1. The first kappa shape index (κ1) is 17.6. The van der Waals surface area contributed by atoms with Crippen molar-refractivity contribution in [3.63, 3.8) is 0 Å². The molecule has 0 radical (unpaired) electrons. The molecule has 0 unspecified atom stereocenters. The monoisotopic (exact) mass is 342 g/mol. The Morgan fingerprint density at radius 1 is 1.38 bits per heavy atom. The van der Waals surface area contributed by atoms with E-state index < -0.39 is 0 Å². The summed E-state index contributed by atoms with van der Waals surface area (Å²) >= 11 is 4.67. The lowest BCUT2D eigenvalue weighted by Crippen LogP contribution is -2.23. The highest BCUT2D eigenvalue weighted by Gasteiger charge is 2.17. The highest BCUT2D eigenvalue weighted by molar-refractivity contribution is 7.80. The molecule has 1 aromatic carbocycles. The van der Waals surface area contributed by atoms with Crippen molar-refractivity contribution in [2.24, 2.45) is 10.8 Å². The second-order valence-corrected chi connectivity index (χ2v) is 5.37. The first-order chi connectivity index (χ1) is 11.5. The van der Waals surface area contributed by atoms with Gasteiger partial charge in [0, 0.05) is 11.8 Å². The standard InChI is InChI=1S/C17H18N4O2S/c1-3-23-16(22)14-11(2)8-9-19-15(14)13-6-4-12(5-7-13)10-20-21-17(18)24/h4-10H,3H2,1-2H3,(H3,18,21,24). The molecule has 124 valence electrons. The lowest BCUT2D eigenvalue weighted by molar-refractivity contribution is 0.0526. The number of ether oxygens (including phenoxy) is 1. The zero-order valence-corrected chi connectivity index (χ0v) is 14.3. The summed E-state index contributed by atoms with van der Waals surface area (Å²) in [6.45, 7) is 3.95. The average Bonchev–Trinajstić information content (AvgIpc) is 2.55. The molecule has 0 aliphatic heterocycles. The van der Waals surface area contributed by atoms with Gasteiger partial charge >= 0.3 is 5.97 Å². The number of aryl methyl sites for hydroxylation is 1. The van der Waals surface area contributed by atoms with E-state index in [1.54, 1.807) is 25.4 Å². The predicted molar refractivity (Wildman–Crippen MR) is 97.9 cm³/mol. The smallest absolute Gasteiger partial charge is 0.340 e. The molecule has 6 nitrogen and oxygen atoms in total. The number of nitrogens with zero attached hydrogens (tertiary/aromatic N) is 2. The molecule has 0 aliphatic rings. The fraction of sp³-hybridized carbons (Fsp3) is 0.176. The summed E-state index contributed by atoms with van der Waals surface area (Å²) in [5.41, 5.74) is 11.4. The summed E-state index contributed by atoms with van der Waals surface area (Å²) in [5, 5.41) is 4.00. The van der Waals surface area contributed by atoms with E-state index in [1.165, 1.54) is 0 Å². The number of carbonyl (C=O) groups is 1. The van der Waals surface area contributed by atoms with Gasteiger partial charge in [0.2, 0.25) is 0 Å². The van der Waals surface area contributed by atoms with Crippen LogP contribution in [-0.4, -0.2) is 28.9 Å². The van der Waals surface area contributed by atoms with Crippen LogP contribution in [0.1, 0.15) is 28.4 Å². The summed E-state index contributed by atoms with van der Waals surface area (Å²) in [4.78, 5) is 16.6. The molecule has 1 aromatic heterocycles. The molecule has 0 fully saturated rings. The fourth-order valence-corrected chi connectivity index (χ4v) is 2.19. The van der Waals surface area contributed by atoms with E-state index in [-0.39, 0.29) is 11.1 Å². The zero-order valence-electron chi connectivity index (χ0n) is 13.4. The van der Waals surface area contributed by atoms with Crippen LogP contribution in [0.2, 0.25) is 0 Å². The van der Waals surface area contributed by atoms with E-state index in [0.717, 1.165) is 16.7 Å². The van der Waals surface area contributed by atoms with Gasteiger partial charge in [-0.05, 0) is 43.3 Å². The number of pyridine rings is 1. The lowest BCUT2D eigenvalue weighted by Gasteiger charge is -2.11. The minimum absolute atomic E-state index is 0.103. The highest BCUT2D eigenvalue weighted by Crippen LogP contribution is 2.24. The number of aromatic nitrogens is 1. The van der Waals surface area contributed by atoms with Gasteiger partial charge in [0.25, 0.3) is 0 Å². The summed E-state index contributed by atoms with van der Waals surface area (Å²) in [6, 6.07) is 9.25. The second kappa shape index (κ2) is 8.16. The van der Waals surface area contributed by atoms with Gasteiger partial charge in [-0.2, -0.15) is 5.10 Å². The van der Waals surface area contributed by atoms with Crippen molar-refractivity contribution in [2.45, 2.75) is 13.8 Å². The van der Waals surface area contributed by atoms with Crippen LogP contribution in [0.3, 0.4) is 0 Å². The third-order valence-electron chi connectivity index (χ3n) is 3.21. The Kier molecular flexibility index (Phi) is 5.97. The van der Waals surface area contributed by atoms with Crippen LogP contribution in [0.4, 0.5) is 0 Å². The number of carbonyl (C=O) groups excluding carboxylic acids is 1. The van der Waals surface area contributed by atoms with Crippen LogP contribution in [0.15, 0.2) is 41.6 Å². The highest BCUT2D eigenvalue weighted by atomic mass is 32.1. The maximum atomic E-state index is 12.2. The second-order valence-electron chi connectivity index (χ2n) is 4.93. The molecule has 0 bridgehead atoms. The van der Waals surface area contributed by atoms with Gasteiger partial charge < -0.3 is 10.5 Å². The van der Waals surface area contributed by atoms with Gasteiger partial charge in [-0.3, -0.25) is 10.4 Å². The number of hydrogen-bond donors (Lipinski definition) is 2. The van der Waals surface area contributed by atoms with Gasteiger partial charge in [0.05, 0.1) is 24.1 Å². The van der Waals surface area contributed by atoms with E-state index in [9.17, 15) is 4.79 Å². The average molecular weight is 342 g/mol. The fourth-order valence-electron chi connectivity index (χ4n) is 2.14. The molecule has 24 heavy (non-hydrogen) atoms. The molecule has 0 aliphatic carbocycles. The maximum absolute atomic E-state index is 12.2.